The van der Waals surface area contributed by atoms with E-state index in [9.17, 15) is 9.59 Å². The van der Waals surface area contributed by atoms with Crippen molar-refractivity contribution in [1.82, 2.24) is 5.32 Å². The van der Waals surface area contributed by atoms with Gasteiger partial charge in [-0.3, -0.25) is 0 Å². The van der Waals surface area contributed by atoms with Crippen LogP contribution in [-0.4, -0.2) is 29.8 Å². The Hall–Kier alpha value is -3.60. The molecule has 0 radical (unpaired) electrons. The minimum absolute atomic E-state index is 0.234. The van der Waals surface area contributed by atoms with Crippen LogP contribution < -0.4 is 5.32 Å². The van der Waals surface area contributed by atoms with Gasteiger partial charge >= 0.3 is 12.1 Å². The third kappa shape index (κ3) is 4.98. The number of benzene rings is 3. The van der Waals surface area contributed by atoms with E-state index >= 15 is 0 Å². The molecule has 0 heterocycles. The van der Waals surface area contributed by atoms with Gasteiger partial charge in [0.25, 0.3) is 0 Å². The first kappa shape index (κ1) is 23.6. The number of carbonyl (C=O) groups excluding carboxylic acids is 2. The van der Waals surface area contributed by atoms with Crippen LogP contribution in [0.25, 0.3) is 22.3 Å². The fourth-order valence-corrected chi connectivity index (χ4v) is 4.50. The Morgan fingerprint density at radius 3 is 1.74 bits per heavy atom. The highest BCUT2D eigenvalue weighted by atomic mass is 16.6. The minimum atomic E-state index is -1.20. The van der Waals surface area contributed by atoms with Crippen molar-refractivity contribution in [1.29, 1.82) is 0 Å². The molecular formula is C29H31NO4. The lowest BCUT2D eigenvalue weighted by molar-refractivity contribution is -0.150. The van der Waals surface area contributed by atoms with Crippen LogP contribution in [0, 0.1) is 0 Å². The van der Waals surface area contributed by atoms with Crippen molar-refractivity contribution in [2.45, 2.75) is 51.7 Å². The molecule has 1 aliphatic carbocycles. The van der Waals surface area contributed by atoms with Crippen LogP contribution in [0.15, 0.2) is 72.8 Å². The quantitative estimate of drug-likeness (QED) is 0.481. The highest BCUT2D eigenvalue weighted by Gasteiger charge is 2.47. The highest BCUT2D eigenvalue weighted by Crippen LogP contribution is 2.40. The summed E-state index contributed by atoms with van der Waals surface area (Å²) in [6, 6.07) is 24.7. The number of esters is 1. The number of rotatable bonds is 5. The molecule has 1 amide bonds. The Morgan fingerprint density at radius 1 is 0.853 bits per heavy atom. The molecule has 176 valence electrons. The van der Waals surface area contributed by atoms with E-state index in [0.29, 0.717) is 12.8 Å². The lowest BCUT2D eigenvalue weighted by Gasteiger charge is -2.29. The number of amides is 1. The Kier molecular flexibility index (Phi) is 6.47. The normalized spacial score (nSPS) is 14.2. The van der Waals surface area contributed by atoms with E-state index < -0.39 is 23.2 Å². The van der Waals surface area contributed by atoms with E-state index in [1.54, 1.807) is 27.7 Å². The van der Waals surface area contributed by atoms with E-state index in [1.165, 1.54) is 0 Å². The van der Waals surface area contributed by atoms with Gasteiger partial charge in [0.2, 0.25) is 0 Å². The van der Waals surface area contributed by atoms with Gasteiger partial charge in [0.05, 0.1) is 6.61 Å². The van der Waals surface area contributed by atoms with Crippen LogP contribution >= 0.6 is 0 Å². The molecule has 0 saturated heterocycles. The number of nitrogens with one attached hydrogen (secondary N) is 1. The van der Waals surface area contributed by atoms with Gasteiger partial charge in [0.15, 0.2) is 0 Å². The Balaban J connectivity index is 1.78. The smallest absolute Gasteiger partial charge is 0.408 e. The summed E-state index contributed by atoms with van der Waals surface area (Å²) in [4.78, 5) is 25.9. The maximum atomic E-state index is 13.2. The standard InChI is InChI=1S/C29H31NO4/c1-5-33-26(31)29(30-27(32)34-28(2,3)4)18-22-16-24(20-12-8-6-9-13-20)25(17-23(22)19-29)21-14-10-7-11-15-21/h6-17H,5,18-19H2,1-4H3,(H,30,32). The van der Waals surface area contributed by atoms with Gasteiger partial charge in [-0.1, -0.05) is 72.8 Å². The van der Waals surface area contributed by atoms with Gasteiger partial charge in [-0.2, -0.15) is 0 Å². The van der Waals surface area contributed by atoms with Gasteiger partial charge in [0.1, 0.15) is 11.1 Å². The summed E-state index contributed by atoms with van der Waals surface area (Å²) in [6.07, 6.45) is 0.0601. The van der Waals surface area contributed by atoms with Crippen molar-refractivity contribution >= 4 is 12.1 Å². The van der Waals surface area contributed by atoms with Gasteiger partial charge in [-0.05, 0) is 61.1 Å². The highest BCUT2D eigenvalue weighted by molar-refractivity contribution is 5.90. The number of alkyl carbamates (subject to hydrolysis) is 1. The van der Waals surface area contributed by atoms with E-state index in [-0.39, 0.29) is 6.61 Å². The Morgan fingerprint density at radius 2 is 1.32 bits per heavy atom. The molecule has 0 aromatic heterocycles. The molecule has 0 saturated carbocycles. The molecule has 34 heavy (non-hydrogen) atoms. The average Bonchev–Trinajstić information content (AvgIpc) is 3.16. The molecule has 0 spiro atoms. The monoisotopic (exact) mass is 457 g/mol. The summed E-state index contributed by atoms with van der Waals surface area (Å²) in [5, 5.41) is 2.86. The zero-order valence-corrected chi connectivity index (χ0v) is 20.2. The van der Waals surface area contributed by atoms with E-state index in [4.69, 9.17) is 9.47 Å². The molecule has 5 nitrogen and oxygen atoms in total. The molecule has 4 rings (SSSR count). The second-order valence-electron chi connectivity index (χ2n) is 9.68. The number of hydrogen-bond donors (Lipinski definition) is 1. The summed E-state index contributed by atoms with van der Waals surface area (Å²) >= 11 is 0. The first-order valence-corrected chi connectivity index (χ1v) is 11.7. The molecule has 3 aromatic rings. The predicted molar refractivity (Wildman–Crippen MR) is 133 cm³/mol. The molecule has 0 atom stereocenters. The fraction of sp³-hybridized carbons (Fsp3) is 0.310. The van der Waals surface area contributed by atoms with Crippen molar-refractivity contribution < 1.29 is 19.1 Å². The molecule has 3 aromatic carbocycles. The van der Waals surface area contributed by atoms with Crippen molar-refractivity contribution in [2.24, 2.45) is 0 Å². The van der Waals surface area contributed by atoms with Crippen LogP contribution in [0.3, 0.4) is 0 Å². The molecule has 0 aliphatic heterocycles. The lowest BCUT2D eigenvalue weighted by atomic mass is 9.91. The van der Waals surface area contributed by atoms with Gasteiger partial charge < -0.3 is 14.8 Å². The Bertz CT molecular complexity index is 1110. The van der Waals surface area contributed by atoms with Crippen LogP contribution in [0.4, 0.5) is 4.79 Å². The molecule has 0 unspecified atom stereocenters. The largest absolute Gasteiger partial charge is 0.464 e. The topological polar surface area (TPSA) is 64.6 Å². The van der Waals surface area contributed by atoms with Crippen molar-refractivity contribution in [3.63, 3.8) is 0 Å². The van der Waals surface area contributed by atoms with E-state index in [2.05, 4.69) is 41.7 Å². The summed E-state index contributed by atoms with van der Waals surface area (Å²) < 4.78 is 10.9. The van der Waals surface area contributed by atoms with Crippen molar-refractivity contribution in [2.75, 3.05) is 6.61 Å². The van der Waals surface area contributed by atoms with Gasteiger partial charge in [0, 0.05) is 12.8 Å². The van der Waals surface area contributed by atoms with Crippen LogP contribution in [-0.2, 0) is 27.1 Å². The molecule has 0 bridgehead atoms. The number of carbonyl (C=O) groups is 2. The van der Waals surface area contributed by atoms with Gasteiger partial charge in [-0.15, -0.1) is 0 Å². The summed E-state index contributed by atoms with van der Waals surface area (Å²) in [5.41, 5.74) is 4.52. The van der Waals surface area contributed by atoms with Crippen molar-refractivity contribution in [3.8, 4) is 22.3 Å². The molecule has 0 fully saturated rings. The zero-order valence-electron chi connectivity index (χ0n) is 20.2. The predicted octanol–water partition coefficient (Wildman–Crippen LogP) is 5.95. The number of ether oxygens (including phenoxy) is 2. The average molecular weight is 458 g/mol. The maximum Gasteiger partial charge on any atom is 0.408 e. The van der Waals surface area contributed by atoms with Crippen molar-refractivity contribution in [3.05, 3.63) is 83.9 Å². The fourth-order valence-electron chi connectivity index (χ4n) is 4.50. The summed E-state index contributed by atoms with van der Waals surface area (Å²) in [6.45, 7) is 7.39. The number of hydrogen-bond acceptors (Lipinski definition) is 4. The maximum absolute atomic E-state index is 13.2. The molecule has 1 aliphatic rings. The summed E-state index contributed by atoms with van der Waals surface area (Å²) in [7, 11) is 0. The van der Waals surface area contributed by atoms with Gasteiger partial charge in [-0.25, -0.2) is 9.59 Å². The van der Waals surface area contributed by atoms with Crippen LogP contribution in [0.1, 0.15) is 38.8 Å². The molecule has 5 heteroatoms. The van der Waals surface area contributed by atoms with Crippen LogP contribution in [0.2, 0.25) is 0 Å². The summed E-state index contributed by atoms with van der Waals surface area (Å²) in [5.74, 6) is -0.445. The third-order valence-corrected chi connectivity index (χ3v) is 5.90. The number of fused-ring (bicyclic) bond motifs is 1. The first-order valence-electron chi connectivity index (χ1n) is 11.7. The SMILES string of the molecule is CCOC(=O)C1(NC(=O)OC(C)(C)C)Cc2cc(-c3ccccc3)c(-c3ccccc3)cc2C1. The second-order valence-corrected chi connectivity index (χ2v) is 9.68. The van der Waals surface area contributed by atoms with E-state index in [1.807, 2.05) is 36.4 Å². The third-order valence-electron chi connectivity index (χ3n) is 5.90. The van der Waals surface area contributed by atoms with E-state index in [0.717, 1.165) is 33.4 Å². The second kappa shape index (κ2) is 9.34. The lowest BCUT2D eigenvalue weighted by Crippen LogP contribution is -2.57. The first-order chi connectivity index (χ1) is 16.2. The zero-order chi connectivity index (χ0) is 24.3. The Labute approximate surface area is 201 Å². The minimum Gasteiger partial charge on any atom is -0.464 e. The molecular weight excluding hydrogens is 426 g/mol. The van der Waals surface area contributed by atoms with Crippen LogP contribution in [0.5, 0.6) is 0 Å². The molecule has 1 N–H and O–H groups in total.